The zero-order chi connectivity index (χ0) is 16.4. The number of alkyl halides is 3. The number of rotatable bonds is 5. The lowest BCUT2D eigenvalue weighted by atomic mass is 10.3. The Morgan fingerprint density at radius 1 is 1.18 bits per heavy atom. The summed E-state index contributed by atoms with van der Waals surface area (Å²) in [5.41, 5.74) is -4.94. The third-order valence-corrected chi connectivity index (χ3v) is 4.21. The number of benzene rings is 1. The van der Waals surface area contributed by atoms with Gasteiger partial charge in [0.05, 0.1) is 18.0 Å². The minimum Gasteiger partial charge on any atom is -0.394 e. The maximum atomic E-state index is 12.4. The molecule has 0 spiro atoms. The fraction of sp³-hybridized carbons (Fsp3) is 0.250. The van der Waals surface area contributed by atoms with E-state index in [1.807, 2.05) is 0 Å². The first kappa shape index (κ1) is 16.3. The second-order valence-corrected chi connectivity index (χ2v) is 6.23. The Balaban J connectivity index is 2.15. The van der Waals surface area contributed by atoms with Gasteiger partial charge in [-0.05, 0) is 24.3 Å². The molecule has 0 amide bonds. The molecule has 2 N–H and O–H groups in total. The monoisotopic (exact) mass is 335 g/mol. The lowest BCUT2D eigenvalue weighted by Gasteiger charge is -2.09. The molecule has 2 aromatic rings. The summed E-state index contributed by atoms with van der Waals surface area (Å²) in [6, 6.07) is 5.77. The minimum absolute atomic E-state index is 0.0783. The van der Waals surface area contributed by atoms with E-state index in [-0.39, 0.29) is 6.61 Å². The molecule has 0 unspecified atom stereocenters. The number of nitrogens with zero attached hydrogens (tertiary/aromatic N) is 2. The van der Waals surface area contributed by atoms with Crippen molar-refractivity contribution in [1.82, 2.24) is 9.78 Å². The molecule has 0 aliphatic heterocycles. The molecular weight excluding hydrogens is 323 g/mol. The quantitative estimate of drug-likeness (QED) is 0.872. The summed E-state index contributed by atoms with van der Waals surface area (Å²) >= 11 is 0. The Morgan fingerprint density at radius 3 is 2.36 bits per heavy atom. The second kappa shape index (κ2) is 5.97. The van der Waals surface area contributed by atoms with E-state index in [1.54, 1.807) is 12.3 Å². The van der Waals surface area contributed by atoms with Crippen LogP contribution in [0.4, 0.5) is 24.7 Å². The minimum atomic E-state index is -5.34. The van der Waals surface area contributed by atoms with Gasteiger partial charge in [-0.2, -0.15) is 18.3 Å². The number of halogens is 3. The van der Waals surface area contributed by atoms with E-state index in [0.717, 1.165) is 12.1 Å². The predicted molar refractivity (Wildman–Crippen MR) is 72.3 cm³/mol. The maximum absolute atomic E-state index is 12.4. The van der Waals surface area contributed by atoms with Crippen LogP contribution in [0.25, 0.3) is 0 Å². The third kappa shape index (κ3) is 3.39. The Morgan fingerprint density at radius 2 is 1.82 bits per heavy atom. The number of anilines is 2. The van der Waals surface area contributed by atoms with Crippen LogP contribution in [0, 0.1) is 0 Å². The highest BCUT2D eigenvalue weighted by atomic mass is 32.2. The summed E-state index contributed by atoms with van der Waals surface area (Å²) in [6.07, 6.45) is 1.61. The molecule has 2 rings (SSSR count). The van der Waals surface area contributed by atoms with Crippen LogP contribution in [0.3, 0.4) is 0 Å². The van der Waals surface area contributed by atoms with Gasteiger partial charge >= 0.3 is 5.51 Å². The summed E-state index contributed by atoms with van der Waals surface area (Å²) in [4.78, 5) is -0.823. The average molecular weight is 335 g/mol. The van der Waals surface area contributed by atoms with E-state index in [4.69, 9.17) is 5.11 Å². The van der Waals surface area contributed by atoms with Crippen molar-refractivity contribution >= 4 is 21.3 Å². The van der Waals surface area contributed by atoms with E-state index >= 15 is 0 Å². The summed E-state index contributed by atoms with van der Waals surface area (Å²) in [6.45, 7) is 0.232. The van der Waals surface area contributed by atoms with Crippen molar-refractivity contribution in [3.05, 3.63) is 36.5 Å². The highest BCUT2D eigenvalue weighted by Gasteiger charge is 2.46. The molecule has 0 saturated carbocycles. The number of aliphatic hydroxyl groups is 1. The van der Waals surface area contributed by atoms with E-state index in [0.29, 0.717) is 18.1 Å². The number of hydrogen-bond donors (Lipinski definition) is 2. The normalized spacial score (nSPS) is 12.4. The van der Waals surface area contributed by atoms with Gasteiger partial charge in [0.15, 0.2) is 5.82 Å². The maximum Gasteiger partial charge on any atom is 0.501 e. The van der Waals surface area contributed by atoms with Gasteiger partial charge in [-0.15, -0.1) is 0 Å². The molecule has 22 heavy (non-hydrogen) atoms. The first-order chi connectivity index (χ1) is 10.2. The molecule has 0 aliphatic rings. The van der Waals surface area contributed by atoms with Crippen LogP contribution in [0.5, 0.6) is 0 Å². The van der Waals surface area contributed by atoms with E-state index in [1.165, 1.54) is 16.8 Å². The first-order valence-corrected chi connectivity index (χ1v) is 7.55. The predicted octanol–water partition coefficient (Wildman–Crippen LogP) is 1.91. The van der Waals surface area contributed by atoms with Crippen LogP contribution in [0.15, 0.2) is 41.4 Å². The van der Waals surface area contributed by atoms with Crippen LogP contribution in [-0.4, -0.2) is 35.4 Å². The number of sulfone groups is 1. The Kier molecular flexibility index (Phi) is 4.42. The zero-order valence-electron chi connectivity index (χ0n) is 11.1. The van der Waals surface area contributed by atoms with Crippen molar-refractivity contribution in [2.75, 3.05) is 11.9 Å². The molecule has 0 fully saturated rings. The van der Waals surface area contributed by atoms with Crippen LogP contribution in [0.2, 0.25) is 0 Å². The van der Waals surface area contributed by atoms with Crippen molar-refractivity contribution in [3.8, 4) is 0 Å². The van der Waals surface area contributed by atoms with Gasteiger partial charge in [-0.1, -0.05) is 0 Å². The molecule has 0 aliphatic carbocycles. The van der Waals surface area contributed by atoms with Gasteiger partial charge in [-0.25, -0.2) is 8.42 Å². The van der Waals surface area contributed by atoms with Gasteiger partial charge in [0.1, 0.15) is 0 Å². The van der Waals surface area contributed by atoms with Gasteiger partial charge in [0, 0.05) is 18.0 Å². The Hall–Kier alpha value is -2.07. The average Bonchev–Trinajstić information content (AvgIpc) is 2.86. The summed E-state index contributed by atoms with van der Waals surface area (Å²) in [5.74, 6) is 0.417. The van der Waals surface area contributed by atoms with Crippen LogP contribution < -0.4 is 5.32 Å². The van der Waals surface area contributed by atoms with Crippen LogP contribution in [-0.2, 0) is 16.4 Å². The van der Waals surface area contributed by atoms with Crippen LogP contribution in [0.1, 0.15) is 0 Å². The molecule has 10 heteroatoms. The number of aromatic nitrogens is 2. The fourth-order valence-corrected chi connectivity index (χ4v) is 2.42. The standard InChI is InChI=1S/C12H12F3N3O3S/c13-12(14,15)22(20,21)10-3-1-9(2-4-10)16-11-5-6-18(17-11)7-8-19/h1-6,19H,7-8H2,(H,16,17). The molecule has 1 aromatic heterocycles. The van der Waals surface area contributed by atoms with Gasteiger partial charge in [0.25, 0.3) is 9.84 Å². The Labute approximate surface area is 124 Å². The molecule has 120 valence electrons. The van der Waals surface area contributed by atoms with Crippen molar-refractivity contribution in [1.29, 1.82) is 0 Å². The fourth-order valence-electron chi connectivity index (χ4n) is 1.65. The molecule has 1 aromatic carbocycles. The molecule has 1 heterocycles. The van der Waals surface area contributed by atoms with E-state index < -0.39 is 20.2 Å². The molecular formula is C12H12F3N3O3S. The number of nitrogens with one attached hydrogen (secondary N) is 1. The highest BCUT2D eigenvalue weighted by Crippen LogP contribution is 2.30. The van der Waals surface area contributed by atoms with Gasteiger partial charge in [-0.3, -0.25) is 4.68 Å². The molecule has 6 nitrogen and oxygen atoms in total. The molecule has 0 bridgehead atoms. The summed E-state index contributed by atoms with van der Waals surface area (Å²) < 4.78 is 61.1. The van der Waals surface area contributed by atoms with Gasteiger partial charge in [0.2, 0.25) is 0 Å². The molecule has 0 radical (unpaired) electrons. The highest BCUT2D eigenvalue weighted by molar-refractivity contribution is 7.92. The molecule has 0 atom stereocenters. The Bertz CT molecular complexity index is 739. The zero-order valence-corrected chi connectivity index (χ0v) is 11.9. The van der Waals surface area contributed by atoms with Crippen molar-refractivity contribution in [2.24, 2.45) is 0 Å². The largest absolute Gasteiger partial charge is 0.501 e. The van der Waals surface area contributed by atoms with Gasteiger partial charge < -0.3 is 10.4 Å². The topological polar surface area (TPSA) is 84.2 Å². The van der Waals surface area contributed by atoms with Crippen molar-refractivity contribution in [3.63, 3.8) is 0 Å². The molecule has 0 saturated heterocycles. The SMILES string of the molecule is O=S(=O)(c1ccc(Nc2ccn(CCO)n2)cc1)C(F)(F)F. The number of aliphatic hydroxyl groups excluding tert-OH is 1. The van der Waals surface area contributed by atoms with E-state index in [2.05, 4.69) is 10.4 Å². The third-order valence-electron chi connectivity index (χ3n) is 2.71. The smallest absolute Gasteiger partial charge is 0.394 e. The second-order valence-electron chi connectivity index (χ2n) is 4.29. The lowest BCUT2D eigenvalue weighted by molar-refractivity contribution is -0.0436. The summed E-state index contributed by atoms with van der Waals surface area (Å²) in [5, 5.41) is 15.6. The number of hydrogen-bond acceptors (Lipinski definition) is 5. The summed E-state index contributed by atoms with van der Waals surface area (Å²) in [7, 11) is -5.34. The van der Waals surface area contributed by atoms with Crippen LogP contribution >= 0.6 is 0 Å². The van der Waals surface area contributed by atoms with Crippen molar-refractivity contribution < 1.29 is 26.7 Å². The van der Waals surface area contributed by atoms with Crippen molar-refractivity contribution in [2.45, 2.75) is 16.9 Å². The first-order valence-electron chi connectivity index (χ1n) is 6.07. The lowest BCUT2D eigenvalue weighted by Crippen LogP contribution is -2.23. The van der Waals surface area contributed by atoms with E-state index in [9.17, 15) is 21.6 Å².